The second kappa shape index (κ2) is 6.88. The number of amides is 1. The molecule has 5 nitrogen and oxygen atoms in total. The lowest BCUT2D eigenvalue weighted by Crippen LogP contribution is -2.47. The van der Waals surface area contributed by atoms with Gasteiger partial charge in [-0.15, -0.1) is 0 Å². The number of carbonyl (C=O) groups is 2. The van der Waals surface area contributed by atoms with Crippen molar-refractivity contribution in [2.75, 3.05) is 26.7 Å². The Labute approximate surface area is 120 Å². The van der Waals surface area contributed by atoms with E-state index >= 15 is 0 Å². The lowest BCUT2D eigenvalue weighted by atomic mass is 9.81. The average Bonchev–Trinajstić information content (AvgIpc) is 2.47. The van der Waals surface area contributed by atoms with Crippen molar-refractivity contribution >= 4 is 11.9 Å². The first-order valence-electron chi connectivity index (χ1n) is 7.44. The Bertz CT molecular complexity index is 393. The molecule has 2 rings (SSSR count). The summed E-state index contributed by atoms with van der Waals surface area (Å²) in [5, 5.41) is 12.4. The number of nitrogens with zero attached hydrogens (tertiary/aromatic N) is 1. The molecular weight excluding hydrogens is 256 g/mol. The molecule has 0 aromatic heterocycles. The number of carboxylic acid groups (broad SMARTS) is 1. The maximum Gasteiger partial charge on any atom is 0.307 e. The summed E-state index contributed by atoms with van der Waals surface area (Å²) in [6, 6.07) is 0. The van der Waals surface area contributed by atoms with Gasteiger partial charge in [-0.25, -0.2) is 0 Å². The number of hydrogen-bond acceptors (Lipinski definition) is 3. The van der Waals surface area contributed by atoms with E-state index in [9.17, 15) is 14.7 Å². The van der Waals surface area contributed by atoms with Gasteiger partial charge in [0.15, 0.2) is 0 Å². The Balaban J connectivity index is 2.02. The number of hydrogen-bond donors (Lipinski definition) is 2. The van der Waals surface area contributed by atoms with E-state index in [4.69, 9.17) is 0 Å². The van der Waals surface area contributed by atoms with Gasteiger partial charge in [0.2, 0.25) is 5.91 Å². The highest BCUT2D eigenvalue weighted by Gasteiger charge is 2.37. The van der Waals surface area contributed by atoms with Crippen molar-refractivity contribution in [3.8, 4) is 0 Å². The van der Waals surface area contributed by atoms with E-state index in [1.165, 1.54) is 0 Å². The van der Waals surface area contributed by atoms with E-state index in [1.54, 1.807) is 0 Å². The normalized spacial score (nSPS) is 30.2. The van der Waals surface area contributed by atoms with Crippen LogP contribution in [0.5, 0.6) is 0 Å². The van der Waals surface area contributed by atoms with Gasteiger partial charge in [0.1, 0.15) is 0 Å². The number of carbonyl (C=O) groups excluding carboxylic acids is 1. The van der Waals surface area contributed by atoms with E-state index in [2.05, 4.69) is 5.32 Å². The quantitative estimate of drug-likeness (QED) is 0.757. The molecule has 0 aromatic carbocycles. The molecule has 1 amide bonds. The van der Waals surface area contributed by atoms with Crippen molar-refractivity contribution in [2.45, 2.75) is 25.7 Å². The first-order valence-corrected chi connectivity index (χ1v) is 7.44. The molecule has 0 saturated carbocycles. The van der Waals surface area contributed by atoms with Crippen molar-refractivity contribution in [1.29, 1.82) is 0 Å². The maximum absolute atomic E-state index is 12.6. The van der Waals surface area contributed by atoms with Gasteiger partial charge in [-0.3, -0.25) is 9.59 Å². The van der Waals surface area contributed by atoms with E-state index < -0.39 is 11.9 Å². The smallest absolute Gasteiger partial charge is 0.307 e. The van der Waals surface area contributed by atoms with Gasteiger partial charge in [-0.1, -0.05) is 12.2 Å². The van der Waals surface area contributed by atoms with Crippen LogP contribution in [0, 0.1) is 17.8 Å². The molecule has 0 bridgehead atoms. The molecule has 3 unspecified atom stereocenters. The Morgan fingerprint density at radius 1 is 1.30 bits per heavy atom. The molecule has 1 fully saturated rings. The predicted octanol–water partition coefficient (Wildman–Crippen LogP) is 1.11. The predicted molar refractivity (Wildman–Crippen MR) is 76.2 cm³/mol. The van der Waals surface area contributed by atoms with Crippen molar-refractivity contribution < 1.29 is 14.7 Å². The van der Waals surface area contributed by atoms with E-state index in [-0.39, 0.29) is 11.8 Å². The minimum Gasteiger partial charge on any atom is -0.481 e. The monoisotopic (exact) mass is 280 g/mol. The first-order chi connectivity index (χ1) is 9.63. The third-order valence-electron chi connectivity index (χ3n) is 4.39. The Kier molecular flexibility index (Phi) is 5.17. The molecule has 5 heteroatoms. The number of likely N-dealkylation sites (tertiary alicyclic amines) is 1. The number of allylic oxidation sites excluding steroid dienone is 2. The minimum atomic E-state index is -0.850. The topological polar surface area (TPSA) is 69.6 Å². The lowest BCUT2D eigenvalue weighted by Gasteiger charge is -2.36. The maximum atomic E-state index is 12.6. The van der Waals surface area contributed by atoms with Crippen LogP contribution in [0.4, 0.5) is 0 Å². The molecule has 20 heavy (non-hydrogen) atoms. The van der Waals surface area contributed by atoms with Crippen LogP contribution in [-0.4, -0.2) is 48.6 Å². The third-order valence-corrected chi connectivity index (χ3v) is 4.39. The summed E-state index contributed by atoms with van der Waals surface area (Å²) in [6.45, 7) is 2.44. The Hall–Kier alpha value is -1.36. The van der Waals surface area contributed by atoms with E-state index in [0.717, 1.165) is 32.5 Å². The van der Waals surface area contributed by atoms with Crippen molar-refractivity contribution in [3.05, 3.63) is 12.2 Å². The molecule has 2 aliphatic rings. The molecule has 0 radical (unpaired) electrons. The molecule has 0 aromatic rings. The van der Waals surface area contributed by atoms with E-state index in [0.29, 0.717) is 18.8 Å². The minimum absolute atomic E-state index is 0.0301. The van der Waals surface area contributed by atoms with Crippen molar-refractivity contribution in [1.82, 2.24) is 10.2 Å². The summed E-state index contributed by atoms with van der Waals surface area (Å²) in [7, 11) is 1.92. The third kappa shape index (κ3) is 3.39. The van der Waals surface area contributed by atoms with Crippen LogP contribution in [0.3, 0.4) is 0 Å². The molecule has 3 atom stereocenters. The molecule has 1 saturated heterocycles. The first kappa shape index (κ1) is 15.0. The van der Waals surface area contributed by atoms with Crippen LogP contribution < -0.4 is 5.32 Å². The van der Waals surface area contributed by atoms with Gasteiger partial charge < -0.3 is 15.3 Å². The van der Waals surface area contributed by atoms with Crippen LogP contribution >= 0.6 is 0 Å². The second-order valence-electron chi connectivity index (χ2n) is 5.84. The SMILES string of the molecule is CNCC1CCCN(C(=O)C2CC=CCC2C(=O)O)C1. The summed E-state index contributed by atoms with van der Waals surface area (Å²) in [4.78, 5) is 25.8. The molecule has 112 valence electrons. The molecule has 2 N–H and O–H groups in total. The van der Waals surface area contributed by atoms with Gasteiger partial charge in [-0.2, -0.15) is 0 Å². The van der Waals surface area contributed by atoms with Gasteiger partial charge >= 0.3 is 5.97 Å². The molecular formula is C15H24N2O3. The summed E-state index contributed by atoms with van der Waals surface area (Å²) < 4.78 is 0. The molecule has 0 spiro atoms. The zero-order chi connectivity index (χ0) is 14.5. The van der Waals surface area contributed by atoms with Crippen LogP contribution in [0.15, 0.2) is 12.2 Å². The fourth-order valence-electron chi connectivity index (χ4n) is 3.32. The molecule has 1 aliphatic carbocycles. The zero-order valence-electron chi connectivity index (χ0n) is 12.0. The Morgan fingerprint density at radius 2 is 2.00 bits per heavy atom. The number of rotatable bonds is 4. The summed E-state index contributed by atoms with van der Waals surface area (Å²) in [5.41, 5.74) is 0. The largest absolute Gasteiger partial charge is 0.481 e. The van der Waals surface area contributed by atoms with Gasteiger partial charge in [-0.05, 0) is 45.2 Å². The number of carboxylic acids is 1. The lowest BCUT2D eigenvalue weighted by molar-refractivity contribution is -0.151. The van der Waals surface area contributed by atoms with Crippen molar-refractivity contribution in [2.24, 2.45) is 17.8 Å². The molecule has 1 aliphatic heterocycles. The summed E-state index contributed by atoms with van der Waals surface area (Å²) >= 11 is 0. The highest BCUT2D eigenvalue weighted by molar-refractivity contribution is 5.85. The van der Waals surface area contributed by atoms with E-state index in [1.807, 2.05) is 24.1 Å². The highest BCUT2D eigenvalue weighted by Crippen LogP contribution is 2.29. The number of piperidine rings is 1. The van der Waals surface area contributed by atoms with Gasteiger partial charge in [0, 0.05) is 13.1 Å². The summed E-state index contributed by atoms with van der Waals surface area (Å²) in [6.07, 6.45) is 7.00. The van der Waals surface area contributed by atoms with Gasteiger partial charge in [0.25, 0.3) is 0 Å². The fourth-order valence-corrected chi connectivity index (χ4v) is 3.32. The molecule has 1 heterocycles. The highest BCUT2D eigenvalue weighted by atomic mass is 16.4. The number of aliphatic carboxylic acids is 1. The summed E-state index contributed by atoms with van der Waals surface area (Å²) in [5.74, 6) is -1.28. The fraction of sp³-hybridized carbons (Fsp3) is 0.733. The standard InChI is InChI=1S/C15H24N2O3/c1-16-9-11-5-4-8-17(10-11)14(18)12-6-2-3-7-13(12)15(19)20/h2-3,11-13,16H,4-10H2,1H3,(H,19,20). The second-order valence-corrected chi connectivity index (χ2v) is 5.84. The Morgan fingerprint density at radius 3 is 2.65 bits per heavy atom. The van der Waals surface area contributed by atoms with Crippen LogP contribution in [0.1, 0.15) is 25.7 Å². The van der Waals surface area contributed by atoms with Crippen LogP contribution in [0.25, 0.3) is 0 Å². The van der Waals surface area contributed by atoms with Gasteiger partial charge in [0.05, 0.1) is 11.8 Å². The van der Waals surface area contributed by atoms with Crippen LogP contribution in [0.2, 0.25) is 0 Å². The van der Waals surface area contributed by atoms with Crippen molar-refractivity contribution in [3.63, 3.8) is 0 Å². The zero-order valence-corrected chi connectivity index (χ0v) is 12.0. The van der Waals surface area contributed by atoms with Crippen LogP contribution in [-0.2, 0) is 9.59 Å². The average molecular weight is 280 g/mol. The number of nitrogens with one attached hydrogen (secondary N) is 1.